The third kappa shape index (κ3) is 3.96. The molecule has 0 aliphatic carbocycles. The maximum atomic E-state index is 5.78. The minimum atomic E-state index is 0.279. The van der Waals surface area contributed by atoms with E-state index in [-0.39, 0.29) is 5.41 Å². The fourth-order valence-corrected chi connectivity index (χ4v) is 2.94. The van der Waals surface area contributed by atoms with Gasteiger partial charge in [-0.1, -0.05) is 34.6 Å². The molecule has 2 N–H and O–H groups in total. The molecule has 0 radical (unpaired) electrons. The predicted octanol–water partition coefficient (Wildman–Crippen LogP) is 3.21. The Hall–Kier alpha value is -0.610. The van der Waals surface area contributed by atoms with E-state index < -0.39 is 0 Å². The number of thiazole rings is 1. The Morgan fingerprint density at radius 2 is 1.94 bits per heavy atom. The quantitative estimate of drug-likeness (QED) is 0.898. The second-order valence-corrected chi connectivity index (χ2v) is 7.14. The molecule has 1 rings (SSSR count). The van der Waals surface area contributed by atoms with Crippen LogP contribution >= 0.6 is 11.3 Å². The number of anilines is 1. The van der Waals surface area contributed by atoms with Crippen molar-refractivity contribution in [3.63, 3.8) is 0 Å². The zero-order chi connectivity index (χ0) is 13.2. The molecule has 0 saturated heterocycles. The van der Waals surface area contributed by atoms with Crippen molar-refractivity contribution in [1.82, 2.24) is 4.98 Å². The molecule has 0 aliphatic rings. The average molecular weight is 255 g/mol. The molecule has 0 fully saturated rings. The maximum absolute atomic E-state index is 5.78. The Bertz CT molecular complexity index is 363. The van der Waals surface area contributed by atoms with Gasteiger partial charge in [-0.3, -0.25) is 0 Å². The lowest BCUT2D eigenvalue weighted by Crippen LogP contribution is -2.28. The van der Waals surface area contributed by atoms with Gasteiger partial charge in [0.15, 0.2) is 5.13 Å². The van der Waals surface area contributed by atoms with Crippen LogP contribution in [0.25, 0.3) is 0 Å². The highest BCUT2D eigenvalue weighted by Gasteiger charge is 2.19. The topological polar surface area (TPSA) is 42.2 Å². The molecule has 4 heteroatoms. The first-order valence-corrected chi connectivity index (χ1v) is 6.97. The van der Waals surface area contributed by atoms with Crippen molar-refractivity contribution in [2.24, 2.45) is 11.1 Å². The van der Waals surface area contributed by atoms with Gasteiger partial charge in [-0.2, -0.15) is 0 Å². The molecule has 17 heavy (non-hydrogen) atoms. The summed E-state index contributed by atoms with van der Waals surface area (Å²) in [6.45, 7) is 12.7. The average Bonchev–Trinajstić information content (AvgIpc) is 2.58. The van der Waals surface area contributed by atoms with Crippen LogP contribution in [-0.4, -0.2) is 18.6 Å². The molecule has 0 amide bonds. The first-order chi connectivity index (χ1) is 7.74. The summed E-state index contributed by atoms with van der Waals surface area (Å²) in [5.74, 6) is 0.446. The van der Waals surface area contributed by atoms with E-state index in [4.69, 9.17) is 10.7 Å². The second-order valence-electron chi connectivity index (χ2n) is 6.08. The van der Waals surface area contributed by atoms with E-state index in [1.54, 1.807) is 11.3 Å². The van der Waals surface area contributed by atoms with E-state index in [0.29, 0.717) is 12.5 Å². The number of nitrogens with zero attached hydrogens (tertiary/aromatic N) is 2. The number of hydrogen-bond donors (Lipinski definition) is 1. The van der Waals surface area contributed by atoms with E-state index >= 15 is 0 Å². The number of hydrogen-bond acceptors (Lipinski definition) is 4. The van der Waals surface area contributed by atoms with Gasteiger partial charge >= 0.3 is 0 Å². The van der Waals surface area contributed by atoms with E-state index in [2.05, 4.69) is 46.6 Å². The van der Waals surface area contributed by atoms with Gasteiger partial charge in [-0.05, 0) is 11.3 Å². The molecule has 0 bridgehead atoms. The standard InChI is InChI=1S/C13H25N3S/c1-9(2)11-10(7-14)17-12(15-11)16(6)8-13(3,4)5/h9H,7-8,14H2,1-6H3. The van der Waals surface area contributed by atoms with Crippen molar-refractivity contribution in [2.75, 3.05) is 18.5 Å². The SMILES string of the molecule is CC(C)c1nc(N(C)CC(C)(C)C)sc1CN. The van der Waals surface area contributed by atoms with Gasteiger partial charge in [-0.15, -0.1) is 11.3 Å². The Morgan fingerprint density at radius 3 is 2.29 bits per heavy atom. The molecule has 0 aromatic carbocycles. The summed E-state index contributed by atoms with van der Waals surface area (Å²) in [7, 11) is 2.11. The first-order valence-electron chi connectivity index (χ1n) is 6.15. The van der Waals surface area contributed by atoms with Crippen LogP contribution in [0.4, 0.5) is 5.13 Å². The van der Waals surface area contributed by atoms with Crippen molar-refractivity contribution in [3.05, 3.63) is 10.6 Å². The smallest absolute Gasteiger partial charge is 0.185 e. The first kappa shape index (κ1) is 14.5. The van der Waals surface area contributed by atoms with Crippen molar-refractivity contribution >= 4 is 16.5 Å². The molecular formula is C13H25N3S. The van der Waals surface area contributed by atoms with Gasteiger partial charge in [0, 0.05) is 25.0 Å². The summed E-state index contributed by atoms with van der Waals surface area (Å²) < 4.78 is 0. The largest absolute Gasteiger partial charge is 0.351 e. The van der Waals surface area contributed by atoms with Crippen LogP contribution in [0, 0.1) is 5.41 Å². The third-order valence-corrected chi connectivity index (χ3v) is 3.69. The lowest BCUT2D eigenvalue weighted by atomic mass is 9.96. The van der Waals surface area contributed by atoms with Crippen molar-refractivity contribution in [2.45, 2.75) is 47.1 Å². The van der Waals surface area contributed by atoms with Crippen LogP contribution < -0.4 is 10.6 Å². The summed E-state index contributed by atoms with van der Waals surface area (Å²) in [5, 5.41) is 1.09. The summed E-state index contributed by atoms with van der Waals surface area (Å²) in [4.78, 5) is 8.18. The summed E-state index contributed by atoms with van der Waals surface area (Å²) >= 11 is 1.73. The van der Waals surface area contributed by atoms with Gasteiger partial charge in [0.05, 0.1) is 5.69 Å². The molecule has 0 atom stereocenters. The van der Waals surface area contributed by atoms with Gasteiger partial charge < -0.3 is 10.6 Å². The Morgan fingerprint density at radius 1 is 1.35 bits per heavy atom. The summed E-state index contributed by atoms with van der Waals surface area (Å²) in [6, 6.07) is 0. The minimum Gasteiger partial charge on any atom is -0.351 e. The Kier molecular flexibility index (Phi) is 4.55. The number of nitrogens with two attached hydrogens (primary N) is 1. The molecule has 98 valence electrons. The predicted molar refractivity (Wildman–Crippen MR) is 76.8 cm³/mol. The molecule has 1 heterocycles. The zero-order valence-corrected chi connectivity index (χ0v) is 12.7. The highest BCUT2D eigenvalue weighted by molar-refractivity contribution is 7.15. The number of aromatic nitrogens is 1. The Labute approximate surface area is 109 Å². The van der Waals surface area contributed by atoms with Gasteiger partial charge in [-0.25, -0.2) is 4.98 Å². The molecule has 0 saturated carbocycles. The Balaban J connectivity index is 2.92. The molecule has 1 aromatic rings. The normalized spacial score (nSPS) is 12.2. The fourth-order valence-electron chi connectivity index (χ4n) is 1.89. The third-order valence-electron chi connectivity index (χ3n) is 2.49. The van der Waals surface area contributed by atoms with Crippen molar-refractivity contribution in [1.29, 1.82) is 0 Å². The van der Waals surface area contributed by atoms with E-state index in [1.165, 1.54) is 4.88 Å². The highest BCUT2D eigenvalue weighted by Crippen LogP contribution is 2.31. The lowest BCUT2D eigenvalue weighted by Gasteiger charge is -2.26. The van der Waals surface area contributed by atoms with E-state index in [0.717, 1.165) is 17.4 Å². The summed E-state index contributed by atoms with van der Waals surface area (Å²) in [5.41, 5.74) is 7.22. The van der Waals surface area contributed by atoms with Crippen LogP contribution in [0.1, 0.15) is 51.1 Å². The van der Waals surface area contributed by atoms with Crippen molar-refractivity contribution in [3.8, 4) is 0 Å². The monoisotopic (exact) mass is 255 g/mol. The lowest BCUT2D eigenvalue weighted by molar-refractivity contribution is 0.418. The van der Waals surface area contributed by atoms with Crippen LogP contribution in [0.3, 0.4) is 0 Å². The van der Waals surface area contributed by atoms with Gasteiger partial charge in [0.1, 0.15) is 0 Å². The minimum absolute atomic E-state index is 0.279. The molecule has 0 spiro atoms. The molecule has 0 aliphatic heterocycles. The van der Waals surface area contributed by atoms with Crippen molar-refractivity contribution < 1.29 is 0 Å². The van der Waals surface area contributed by atoms with Crippen LogP contribution in [0.2, 0.25) is 0 Å². The van der Waals surface area contributed by atoms with E-state index in [9.17, 15) is 0 Å². The van der Waals surface area contributed by atoms with Gasteiger partial charge in [0.25, 0.3) is 0 Å². The fraction of sp³-hybridized carbons (Fsp3) is 0.769. The van der Waals surface area contributed by atoms with Crippen LogP contribution in [-0.2, 0) is 6.54 Å². The van der Waals surface area contributed by atoms with Crippen LogP contribution in [0.5, 0.6) is 0 Å². The van der Waals surface area contributed by atoms with Crippen LogP contribution in [0.15, 0.2) is 0 Å². The number of rotatable bonds is 4. The zero-order valence-electron chi connectivity index (χ0n) is 11.9. The second kappa shape index (κ2) is 5.36. The molecular weight excluding hydrogens is 230 g/mol. The summed E-state index contributed by atoms with van der Waals surface area (Å²) in [6.07, 6.45) is 0. The van der Waals surface area contributed by atoms with E-state index in [1.807, 2.05) is 0 Å². The highest BCUT2D eigenvalue weighted by atomic mass is 32.1. The molecule has 3 nitrogen and oxygen atoms in total. The molecule has 0 unspecified atom stereocenters. The molecule has 1 aromatic heterocycles. The maximum Gasteiger partial charge on any atom is 0.185 e. The van der Waals surface area contributed by atoms with Gasteiger partial charge in [0.2, 0.25) is 0 Å².